The highest BCUT2D eigenvalue weighted by Crippen LogP contribution is 2.44. The average Bonchev–Trinajstić information content (AvgIpc) is 3.43. The van der Waals surface area contributed by atoms with Crippen molar-refractivity contribution in [1.29, 1.82) is 0 Å². The second kappa shape index (κ2) is 10.1. The van der Waals surface area contributed by atoms with Crippen LogP contribution in [-0.4, -0.2) is 74.2 Å². The standard InChI is InChI=1S/C27H32N4O4/c1-18-5-7-20(8-6-18)31-26-21-17-24(34-3)23(33-2)16-19(21)15-22(26)25(29-31)27(32)28-9-4-10-30-11-13-35-14-12-30/h5-8,16-17H,4,9-15H2,1-3H3,(H,28,32). The summed E-state index contributed by atoms with van der Waals surface area (Å²) in [5.74, 6) is 1.20. The van der Waals surface area contributed by atoms with Crippen LogP contribution in [0, 0.1) is 6.92 Å². The number of fused-ring (bicyclic) bond motifs is 3. The lowest BCUT2D eigenvalue weighted by atomic mass is 10.1. The summed E-state index contributed by atoms with van der Waals surface area (Å²) in [6, 6.07) is 12.2. The number of aryl methyl sites for hydroxylation is 1. The minimum absolute atomic E-state index is 0.138. The van der Waals surface area contributed by atoms with Crippen LogP contribution in [0.5, 0.6) is 11.5 Å². The molecule has 1 aliphatic heterocycles. The van der Waals surface area contributed by atoms with Crippen LogP contribution in [0.1, 0.15) is 33.6 Å². The molecule has 8 nitrogen and oxygen atoms in total. The number of hydrogen-bond donors (Lipinski definition) is 1. The number of nitrogens with zero attached hydrogens (tertiary/aromatic N) is 3. The number of rotatable bonds is 8. The van der Waals surface area contributed by atoms with Crippen molar-refractivity contribution in [3.8, 4) is 28.4 Å². The molecule has 0 saturated carbocycles. The highest BCUT2D eigenvalue weighted by Gasteiger charge is 2.32. The molecule has 1 fully saturated rings. The van der Waals surface area contributed by atoms with Crippen molar-refractivity contribution in [1.82, 2.24) is 20.0 Å². The molecular formula is C27H32N4O4. The topological polar surface area (TPSA) is 77.8 Å². The smallest absolute Gasteiger partial charge is 0.272 e. The molecule has 5 rings (SSSR count). The number of carbonyl (C=O) groups is 1. The highest BCUT2D eigenvalue weighted by molar-refractivity contribution is 5.97. The van der Waals surface area contributed by atoms with Crippen molar-refractivity contribution in [3.05, 3.63) is 58.8 Å². The molecule has 2 aliphatic rings. The third-order valence-electron chi connectivity index (χ3n) is 6.75. The molecule has 35 heavy (non-hydrogen) atoms. The third kappa shape index (κ3) is 4.63. The van der Waals surface area contributed by atoms with Crippen LogP contribution in [0.25, 0.3) is 16.9 Å². The molecule has 0 atom stereocenters. The number of benzene rings is 2. The largest absolute Gasteiger partial charge is 0.493 e. The maximum Gasteiger partial charge on any atom is 0.272 e. The molecule has 0 radical (unpaired) electrons. The van der Waals surface area contributed by atoms with E-state index in [0.29, 0.717) is 30.2 Å². The third-order valence-corrected chi connectivity index (χ3v) is 6.75. The fourth-order valence-corrected chi connectivity index (χ4v) is 4.84. The van der Waals surface area contributed by atoms with Crippen LogP contribution in [0.3, 0.4) is 0 Å². The van der Waals surface area contributed by atoms with E-state index in [1.54, 1.807) is 14.2 Å². The number of morpholine rings is 1. The summed E-state index contributed by atoms with van der Waals surface area (Å²) in [6.45, 7) is 7.08. The summed E-state index contributed by atoms with van der Waals surface area (Å²) < 4.78 is 18.4. The molecule has 1 aliphatic carbocycles. The van der Waals surface area contributed by atoms with Crippen LogP contribution < -0.4 is 14.8 Å². The SMILES string of the molecule is COc1cc2c(cc1OC)-c1c(c(C(=O)NCCCN3CCOCC3)nn1-c1ccc(C)cc1)C2. The maximum absolute atomic E-state index is 13.3. The van der Waals surface area contributed by atoms with E-state index < -0.39 is 0 Å². The second-order valence-electron chi connectivity index (χ2n) is 9.03. The van der Waals surface area contributed by atoms with Gasteiger partial charge in [0, 0.05) is 37.2 Å². The molecule has 0 unspecified atom stereocenters. The van der Waals surface area contributed by atoms with Gasteiger partial charge >= 0.3 is 0 Å². The van der Waals surface area contributed by atoms with Gasteiger partial charge in [0.15, 0.2) is 17.2 Å². The van der Waals surface area contributed by atoms with E-state index >= 15 is 0 Å². The fraction of sp³-hybridized carbons (Fsp3) is 0.407. The normalized spacial score (nSPS) is 14.9. The van der Waals surface area contributed by atoms with Crippen molar-refractivity contribution in [2.75, 3.05) is 53.6 Å². The van der Waals surface area contributed by atoms with E-state index in [1.807, 2.05) is 28.9 Å². The molecule has 0 bridgehead atoms. The average molecular weight is 477 g/mol. The Morgan fingerprint density at radius 3 is 2.51 bits per heavy atom. The van der Waals surface area contributed by atoms with Gasteiger partial charge in [0.05, 0.1) is 38.8 Å². The maximum atomic E-state index is 13.3. The van der Waals surface area contributed by atoms with Crippen molar-refractivity contribution in [3.63, 3.8) is 0 Å². The Bertz CT molecular complexity index is 1210. The van der Waals surface area contributed by atoms with Gasteiger partial charge in [-0.15, -0.1) is 0 Å². The van der Waals surface area contributed by atoms with E-state index in [-0.39, 0.29) is 5.91 Å². The molecule has 1 aromatic heterocycles. The summed E-state index contributed by atoms with van der Waals surface area (Å²) in [5.41, 5.74) is 6.53. The van der Waals surface area contributed by atoms with Crippen LogP contribution in [0.15, 0.2) is 36.4 Å². The first kappa shape index (κ1) is 23.4. The predicted molar refractivity (Wildman–Crippen MR) is 134 cm³/mol. The first-order chi connectivity index (χ1) is 17.1. The Hall–Kier alpha value is -3.36. The molecular weight excluding hydrogens is 444 g/mol. The molecule has 1 N–H and O–H groups in total. The number of ether oxygens (including phenoxy) is 3. The van der Waals surface area contributed by atoms with Gasteiger partial charge in [-0.2, -0.15) is 5.10 Å². The summed E-state index contributed by atoms with van der Waals surface area (Å²) in [6.07, 6.45) is 1.51. The molecule has 2 heterocycles. The molecule has 8 heteroatoms. The van der Waals surface area contributed by atoms with Crippen LogP contribution in [0.4, 0.5) is 0 Å². The first-order valence-electron chi connectivity index (χ1n) is 12.1. The van der Waals surface area contributed by atoms with E-state index in [9.17, 15) is 4.79 Å². The van der Waals surface area contributed by atoms with Gasteiger partial charge in [-0.25, -0.2) is 4.68 Å². The van der Waals surface area contributed by atoms with Crippen molar-refractivity contribution in [2.24, 2.45) is 0 Å². The van der Waals surface area contributed by atoms with E-state index in [1.165, 1.54) is 5.56 Å². The number of methoxy groups -OCH3 is 2. The zero-order valence-corrected chi connectivity index (χ0v) is 20.6. The second-order valence-corrected chi connectivity index (χ2v) is 9.03. The van der Waals surface area contributed by atoms with Gasteiger partial charge in [-0.05, 0) is 49.7 Å². The molecule has 3 aromatic rings. The van der Waals surface area contributed by atoms with E-state index in [2.05, 4.69) is 29.3 Å². The molecule has 1 amide bonds. The van der Waals surface area contributed by atoms with Crippen molar-refractivity contribution >= 4 is 5.91 Å². The zero-order chi connectivity index (χ0) is 24.4. The first-order valence-corrected chi connectivity index (χ1v) is 12.1. The Morgan fingerprint density at radius 2 is 1.80 bits per heavy atom. The number of nitrogens with one attached hydrogen (secondary N) is 1. The van der Waals surface area contributed by atoms with Gasteiger partial charge in [0.25, 0.3) is 5.91 Å². The van der Waals surface area contributed by atoms with Crippen molar-refractivity contribution in [2.45, 2.75) is 19.8 Å². The van der Waals surface area contributed by atoms with Gasteiger partial charge < -0.3 is 19.5 Å². The summed E-state index contributed by atoms with van der Waals surface area (Å²) >= 11 is 0. The van der Waals surface area contributed by atoms with Crippen LogP contribution in [-0.2, 0) is 11.2 Å². The number of hydrogen-bond acceptors (Lipinski definition) is 6. The lowest BCUT2D eigenvalue weighted by molar-refractivity contribution is 0.0374. The highest BCUT2D eigenvalue weighted by atomic mass is 16.5. The molecule has 2 aromatic carbocycles. The molecule has 184 valence electrons. The Balaban J connectivity index is 1.43. The van der Waals surface area contributed by atoms with Gasteiger partial charge in [-0.1, -0.05) is 17.7 Å². The minimum Gasteiger partial charge on any atom is -0.493 e. The van der Waals surface area contributed by atoms with Crippen LogP contribution >= 0.6 is 0 Å². The van der Waals surface area contributed by atoms with Gasteiger partial charge in [0.2, 0.25) is 0 Å². The molecule has 0 spiro atoms. The Labute approximate surface area is 205 Å². The van der Waals surface area contributed by atoms with Crippen molar-refractivity contribution < 1.29 is 19.0 Å². The number of carbonyl (C=O) groups excluding carboxylic acids is 1. The number of amides is 1. The van der Waals surface area contributed by atoms with E-state index in [4.69, 9.17) is 19.3 Å². The summed E-state index contributed by atoms with van der Waals surface area (Å²) in [4.78, 5) is 15.7. The summed E-state index contributed by atoms with van der Waals surface area (Å²) in [7, 11) is 3.27. The Morgan fingerprint density at radius 1 is 1.09 bits per heavy atom. The Kier molecular flexibility index (Phi) is 6.74. The minimum atomic E-state index is -0.138. The lowest BCUT2D eigenvalue weighted by Crippen LogP contribution is -2.38. The van der Waals surface area contributed by atoms with Gasteiger partial charge in [-0.3, -0.25) is 9.69 Å². The van der Waals surface area contributed by atoms with E-state index in [0.717, 1.165) is 67.3 Å². The monoisotopic (exact) mass is 476 g/mol. The predicted octanol–water partition coefficient (Wildman–Crippen LogP) is 3.22. The van der Waals surface area contributed by atoms with Gasteiger partial charge in [0.1, 0.15) is 0 Å². The van der Waals surface area contributed by atoms with Crippen LogP contribution in [0.2, 0.25) is 0 Å². The summed E-state index contributed by atoms with van der Waals surface area (Å²) in [5, 5.41) is 7.89. The lowest BCUT2D eigenvalue weighted by Gasteiger charge is -2.26. The zero-order valence-electron chi connectivity index (χ0n) is 20.6. The quantitative estimate of drug-likeness (QED) is 0.394. The molecule has 1 saturated heterocycles. The number of aromatic nitrogens is 2. The fourth-order valence-electron chi connectivity index (χ4n) is 4.84.